The van der Waals surface area contributed by atoms with Crippen LogP contribution in [0.3, 0.4) is 0 Å². The highest BCUT2D eigenvalue weighted by atomic mass is 79.9. The van der Waals surface area contributed by atoms with Crippen LogP contribution in [-0.2, 0) is 6.42 Å². The Labute approximate surface area is 122 Å². The van der Waals surface area contributed by atoms with E-state index in [0.29, 0.717) is 0 Å². The lowest BCUT2D eigenvalue weighted by Gasteiger charge is -2.09. The molecule has 0 amide bonds. The standard InChI is InChI=1S/C16H16BrCl/c17-15-11-9-13(10-12-15)5-4-8-16(18)14-6-2-1-3-7-14/h1-3,6-7,9-12,16H,4-5,8H2. The van der Waals surface area contributed by atoms with E-state index in [9.17, 15) is 0 Å². The van der Waals surface area contributed by atoms with Gasteiger partial charge in [0.1, 0.15) is 0 Å². The molecule has 0 nitrogen and oxygen atoms in total. The lowest BCUT2D eigenvalue weighted by Crippen LogP contribution is -1.92. The summed E-state index contributed by atoms with van der Waals surface area (Å²) >= 11 is 9.84. The van der Waals surface area contributed by atoms with Crippen molar-refractivity contribution < 1.29 is 0 Å². The Kier molecular flexibility index (Phi) is 5.27. The third kappa shape index (κ3) is 4.15. The maximum Gasteiger partial charge on any atom is 0.0585 e. The SMILES string of the molecule is ClC(CCCc1ccc(Br)cc1)c1ccccc1. The first kappa shape index (κ1) is 13.6. The zero-order valence-electron chi connectivity index (χ0n) is 10.2. The molecule has 0 fully saturated rings. The molecule has 18 heavy (non-hydrogen) atoms. The maximum atomic E-state index is 6.39. The van der Waals surface area contributed by atoms with Crippen LogP contribution in [0.2, 0.25) is 0 Å². The van der Waals surface area contributed by atoms with E-state index >= 15 is 0 Å². The van der Waals surface area contributed by atoms with E-state index in [2.05, 4.69) is 52.3 Å². The summed E-state index contributed by atoms with van der Waals surface area (Å²) in [5.41, 5.74) is 2.59. The van der Waals surface area contributed by atoms with Gasteiger partial charge in [-0.1, -0.05) is 58.4 Å². The van der Waals surface area contributed by atoms with Crippen molar-refractivity contribution in [3.8, 4) is 0 Å². The molecule has 0 saturated heterocycles. The van der Waals surface area contributed by atoms with Crippen LogP contribution >= 0.6 is 27.5 Å². The Balaban J connectivity index is 1.80. The molecule has 0 radical (unpaired) electrons. The molecular weight excluding hydrogens is 308 g/mol. The van der Waals surface area contributed by atoms with Crippen LogP contribution < -0.4 is 0 Å². The monoisotopic (exact) mass is 322 g/mol. The van der Waals surface area contributed by atoms with Gasteiger partial charge in [0.2, 0.25) is 0 Å². The summed E-state index contributed by atoms with van der Waals surface area (Å²) in [6, 6.07) is 18.8. The number of benzene rings is 2. The van der Waals surface area contributed by atoms with Crippen LogP contribution in [0.4, 0.5) is 0 Å². The van der Waals surface area contributed by atoms with E-state index in [1.165, 1.54) is 11.1 Å². The van der Waals surface area contributed by atoms with Crippen LogP contribution in [-0.4, -0.2) is 0 Å². The smallest absolute Gasteiger partial charge is 0.0585 e. The molecular formula is C16H16BrCl. The zero-order valence-corrected chi connectivity index (χ0v) is 12.5. The number of hydrogen-bond donors (Lipinski definition) is 0. The van der Waals surface area contributed by atoms with Crippen LogP contribution in [0.5, 0.6) is 0 Å². The second-order valence-electron chi connectivity index (χ2n) is 4.40. The topological polar surface area (TPSA) is 0 Å². The molecule has 0 saturated carbocycles. The maximum absolute atomic E-state index is 6.39. The number of rotatable bonds is 5. The average Bonchev–Trinajstić information content (AvgIpc) is 2.42. The van der Waals surface area contributed by atoms with Crippen LogP contribution in [0.15, 0.2) is 59.1 Å². The van der Waals surface area contributed by atoms with E-state index < -0.39 is 0 Å². The summed E-state index contributed by atoms with van der Waals surface area (Å²) in [7, 11) is 0. The van der Waals surface area contributed by atoms with Crippen LogP contribution in [0.25, 0.3) is 0 Å². The quantitative estimate of drug-likeness (QED) is 0.614. The van der Waals surface area contributed by atoms with Gasteiger partial charge in [-0.2, -0.15) is 0 Å². The molecule has 0 aliphatic heterocycles. The lowest BCUT2D eigenvalue weighted by molar-refractivity contribution is 0.716. The van der Waals surface area contributed by atoms with Crippen molar-refractivity contribution >= 4 is 27.5 Å². The fourth-order valence-electron chi connectivity index (χ4n) is 1.97. The molecule has 0 bridgehead atoms. The first-order valence-corrected chi connectivity index (χ1v) is 7.42. The van der Waals surface area contributed by atoms with E-state index in [4.69, 9.17) is 11.6 Å². The van der Waals surface area contributed by atoms with E-state index in [1.807, 2.05) is 18.2 Å². The van der Waals surface area contributed by atoms with Gasteiger partial charge in [0, 0.05) is 4.47 Å². The van der Waals surface area contributed by atoms with Crippen molar-refractivity contribution in [2.24, 2.45) is 0 Å². The summed E-state index contributed by atoms with van der Waals surface area (Å²) in [6.07, 6.45) is 3.22. The van der Waals surface area contributed by atoms with Crippen molar-refractivity contribution in [1.82, 2.24) is 0 Å². The van der Waals surface area contributed by atoms with Gasteiger partial charge in [-0.25, -0.2) is 0 Å². The Bertz CT molecular complexity index is 464. The fourth-order valence-corrected chi connectivity index (χ4v) is 2.53. The minimum atomic E-state index is 0.127. The molecule has 1 unspecified atom stereocenters. The van der Waals surface area contributed by atoms with Gasteiger partial charge in [0.15, 0.2) is 0 Å². The van der Waals surface area contributed by atoms with E-state index in [0.717, 1.165) is 23.7 Å². The molecule has 0 aromatic heterocycles. The van der Waals surface area contributed by atoms with E-state index in [-0.39, 0.29) is 5.38 Å². The van der Waals surface area contributed by atoms with Crippen molar-refractivity contribution in [2.75, 3.05) is 0 Å². The Morgan fingerprint density at radius 2 is 1.61 bits per heavy atom. The van der Waals surface area contributed by atoms with Crippen LogP contribution in [0.1, 0.15) is 29.3 Å². The summed E-state index contributed by atoms with van der Waals surface area (Å²) in [5.74, 6) is 0. The van der Waals surface area contributed by atoms with Gasteiger partial charge >= 0.3 is 0 Å². The zero-order chi connectivity index (χ0) is 12.8. The first-order chi connectivity index (χ1) is 8.75. The Hall–Kier alpha value is -0.790. The first-order valence-electron chi connectivity index (χ1n) is 6.19. The molecule has 0 aliphatic carbocycles. The van der Waals surface area contributed by atoms with Gasteiger partial charge < -0.3 is 0 Å². The largest absolute Gasteiger partial charge is 0.118 e. The molecule has 2 heteroatoms. The highest BCUT2D eigenvalue weighted by Crippen LogP contribution is 2.26. The highest BCUT2D eigenvalue weighted by molar-refractivity contribution is 9.10. The Morgan fingerprint density at radius 3 is 2.28 bits per heavy atom. The second-order valence-corrected chi connectivity index (χ2v) is 5.84. The molecule has 94 valence electrons. The summed E-state index contributed by atoms with van der Waals surface area (Å²) < 4.78 is 1.13. The van der Waals surface area contributed by atoms with E-state index in [1.54, 1.807) is 0 Å². The summed E-state index contributed by atoms with van der Waals surface area (Å²) in [4.78, 5) is 0. The normalized spacial score (nSPS) is 12.3. The predicted molar refractivity (Wildman–Crippen MR) is 82.1 cm³/mol. The number of aryl methyl sites for hydroxylation is 1. The predicted octanol–water partition coefficient (Wildman–Crippen LogP) is 5.75. The average molecular weight is 324 g/mol. The van der Waals surface area contributed by atoms with Crippen molar-refractivity contribution in [3.63, 3.8) is 0 Å². The number of hydrogen-bond acceptors (Lipinski definition) is 0. The van der Waals surface area contributed by atoms with Gasteiger partial charge in [-0.15, -0.1) is 11.6 Å². The molecule has 1 atom stereocenters. The third-order valence-electron chi connectivity index (χ3n) is 3.00. The molecule has 0 heterocycles. The number of alkyl halides is 1. The fraction of sp³-hybridized carbons (Fsp3) is 0.250. The minimum absolute atomic E-state index is 0.127. The Morgan fingerprint density at radius 1 is 0.944 bits per heavy atom. The molecule has 2 rings (SSSR count). The lowest BCUT2D eigenvalue weighted by atomic mass is 10.0. The van der Waals surface area contributed by atoms with Crippen molar-refractivity contribution in [2.45, 2.75) is 24.6 Å². The summed E-state index contributed by atoms with van der Waals surface area (Å²) in [6.45, 7) is 0. The van der Waals surface area contributed by atoms with Crippen molar-refractivity contribution in [3.05, 3.63) is 70.2 Å². The minimum Gasteiger partial charge on any atom is -0.118 e. The molecule has 0 N–H and O–H groups in total. The third-order valence-corrected chi connectivity index (χ3v) is 4.00. The van der Waals surface area contributed by atoms with Gasteiger partial charge in [0.25, 0.3) is 0 Å². The van der Waals surface area contributed by atoms with Crippen LogP contribution in [0, 0.1) is 0 Å². The molecule has 2 aromatic rings. The van der Waals surface area contributed by atoms with Gasteiger partial charge in [-0.3, -0.25) is 0 Å². The molecule has 2 aromatic carbocycles. The van der Waals surface area contributed by atoms with Gasteiger partial charge in [-0.05, 0) is 42.5 Å². The molecule has 0 spiro atoms. The van der Waals surface area contributed by atoms with Gasteiger partial charge in [0.05, 0.1) is 5.38 Å². The highest BCUT2D eigenvalue weighted by Gasteiger charge is 2.06. The molecule has 0 aliphatic rings. The summed E-state index contributed by atoms with van der Waals surface area (Å²) in [5, 5.41) is 0.127. The number of halogens is 2. The van der Waals surface area contributed by atoms with Crippen molar-refractivity contribution in [1.29, 1.82) is 0 Å². The second kappa shape index (κ2) is 6.96.